The molecule has 0 bridgehead atoms. The molecule has 0 heterocycles. The lowest BCUT2D eigenvalue weighted by Crippen LogP contribution is -2.44. The average Bonchev–Trinajstić information content (AvgIpc) is 3.26. The third-order valence-electron chi connectivity index (χ3n) is 4.74. The summed E-state index contributed by atoms with van der Waals surface area (Å²) in [6.45, 7) is 0.150. The van der Waals surface area contributed by atoms with Crippen LogP contribution in [0.4, 0.5) is 0 Å². The molecule has 8 heteroatoms. The highest BCUT2D eigenvalue weighted by Crippen LogP contribution is 2.24. The van der Waals surface area contributed by atoms with E-state index >= 15 is 0 Å². The van der Waals surface area contributed by atoms with Gasteiger partial charge in [-0.1, -0.05) is 49.2 Å². The zero-order chi connectivity index (χ0) is 20.0. The van der Waals surface area contributed by atoms with Gasteiger partial charge in [0.1, 0.15) is 0 Å². The van der Waals surface area contributed by atoms with E-state index in [1.165, 1.54) is 24.3 Å². The number of sulfonamides is 1. The number of hydrazine groups is 1. The Morgan fingerprint density at radius 1 is 0.929 bits per heavy atom. The molecule has 0 spiro atoms. The second-order valence-corrected chi connectivity index (χ2v) is 8.53. The number of hydrogen-bond acceptors (Lipinski definition) is 4. The van der Waals surface area contributed by atoms with Crippen molar-refractivity contribution in [2.24, 2.45) is 5.92 Å². The zero-order valence-electron chi connectivity index (χ0n) is 15.4. The molecule has 0 radical (unpaired) electrons. The van der Waals surface area contributed by atoms with E-state index in [2.05, 4.69) is 15.6 Å². The van der Waals surface area contributed by atoms with Gasteiger partial charge in [0.05, 0.1) is 4.90 Å². The van der Waals surface area contributed by atoms with Crippen LogP contribution in [0.25, 0.3) is 0 Å². The molecule has 3 rings (SSSR count). The largest absolute Gasteiger partial charge is 0.273 e. The molecule has 0 aromatic heterocycles. The van der Waals surface area contributed by atoms with Gasteiger partial charge in [-0.25, -0.2) is 13.1 Å². The van der Waals surface area contributed by atoms with Crippen LogP contribution >= 0.6 is 0 Å². The third-order valence-corrected chi connectivity index (χ3v) is 6.14. The number of rotatable bonds is 6. The third kappa shape index (κ3) is 5.17. The summed E-state index contributed by atoms with van der Waals surface area (Å²) in [4.78, 5) is 24.3. The molecule has 2 aromatic carbocycles. The Labute approximate surface area is 164 Å². The molecular weight excluding hydrogens is 378 g/mol. The van der Waals surface area contributed by atoms with Crippen LogP contribution in [0, 0.1) is 5.92 Å². The van der Waals surface area contributed by atoms with Gasteiger partial charge in [-0.3, -0.25) is 20.4 Å². The number of carbonyl (C=O) groups excluding carboxylic acids is 2. The van der Waals surface area contributed by atoms with Crippen molar-refractivity contribution in [3.8, 4) is 0 Å². The van der Waals surface area contributed by atoms with Crippen molar-refractivity contribution in [1.29, 1.82) is 0 Å². The summed E-state index contributed by atoms with van der Waals surface area (Å²) < 4.78 is 27.5. The summed E-state index contributed by atoms with van der Waals surface area (Å²) in [5.41, 5.74) is 5.76. The highest BCUT2D eigenvalue weighted by atomic mass is 32.2. The molecule has 148 valence electrons. The summed E-state index contributed by atoms with van der Waals surface area (Å²) in [6.07, 6.45) is 3.68. The van der Waals surface area contributed by atoms with E-state index in [4.69, 9.17) is 0 Å². The van der Waals surface area contributed by atoms with Gasteiger partial charge < -0.3 is 0 Å². The van der Waals surface area contributed by atoms with E-state index in [1.54, 1.807) is 0 Å². The van der Waals surface area contributed by atoms with Crippen LogP contribution < -0.4 is 15.6 Å². The first-order valence-electron chi connectivity index (χ1n) is 9.19. The van der Waals surface area contributed by atoms with Gasteiger partial charge in [0, 0.05) is 18.0 Å². The molecular formula is C20H23N3O4S. The fraction of sp³-hybridized carbons (Fsp3) is 0.300. The standard InChI is InChI=1S/C20H23N3O4S/c24-19(16-9-4-5-10-16)22-23-20(25)17-11-6-12-18(13-17)28(26,27)21-14-15-7-2-1-3-8-15/h1-3,6-8,11-13,16,21H,4-5,9-10,14H2,(H,22,24)(H,23,25). The predicted octanol–water partition coefficient (Wildman–Crippen LogP) is 2.12. The molecule has 2 aromatic rings. The van der Waals surface area contributed by atoms with Gasteiger partial charge in [-0.05, 0) is 36.6 Å². The van der Waals surface area contributed by atoms with Crippen LogP contribution in [0.1, 0.15) is 41.6 Å². The van der Waals surface area contributed by atoms with Gasteiger partial charge in [0.2, 0.25) is 15.9 Å². The SMILES string of the molecule is O=C(NNC(=O)C1CCCC1)c1cccc(S(=O)(=O)NCc2ccccc2)c1. The fourth-order valence-corrected chi connectivity index (χ4v) is 4.21. The second kappa shape index (κ2) is 8.99. The summed E-state index contributed by atoms with van der Waals surface area (Å²) in [5, 5.41) is 0. The van der Waals surface area contributed by atoms with Crippen molar-refractivity contribution in [2.45, 2.75) is 37.1 Å². The highest BCUT2D eigenvalue weighted by Gasteiger charge is 2.23. The summed E-state index contributed by atoms with van der Waals surface area (Å²) in [5.74, 6) is -0.847. The van der Waals surface area contributed by atoms with Crippen molar-refractivity contribution >= 4 is 21.8 Å². The molecule has 3 N–H and O–H groups in total. The minimum absolute atomic E-state index is 0.0156. The first kappa shape index (κ1) is 20.0. The highest BCUT2D eigenvalue weighted by molar-refractivity contribution is 7.89. The summed E-state index contributed by atoms with van der Waals surface area (Å²) in [6, 6.07) is 14.8. The molecule has 1 fully saturated rings. The molecule has 7 nitrogen and oxygen atoms in total. The van der Waals surface area contributed by atoms with Gasteiger partial charge in [-0.15, -0.1) is 0 Å². The van der Waals surface area contributed by atoms with Crippen LogP contribution in [0.15, 0.2) is 59.5 Å². The smallest absolute Gasteiger partial charge is 0.269 e. The molecule has 1 aliphatic carbocycles. The molecule has 0 unspecified atom stereocenters. The number of nitrogens with one attached hydrogen (secondary N) is 3. The Morgan fingerprint density at radius 3 is 2.36 bits per heavy atom. The van der Waals surface area contributed by atoms with Crippen molar-refractivity contribution in [1.82, 2.24) is 15.6 Å². The number of amides is 2. The summed E-state index contributed by atoms with van der Waals surface area (Å²) in [7, 11) is -3.78. The van der Waals surface area contributed by atoms with Crippen LogP contribution in [0.3, 0.4) is 0 Å². The molecule has 0 atom stereocenters. The fourth-order valence-electron chi connectivity index (χ4n) is 3.14. The number of carbonyl (C=O) groups is 2. The minimum atomic E-state index is -3.78. The first-order valence-corrected chi connectivity index (χ1v) is 10.7. The second-order valence-electron chi connectivity index (χ2n) is 6.76. The predicted molar refractivity (Wildman–Crippen MR) is 104 cm³/mol. The van der Waals surface area contributed by atoms with Gasteiger partial charge in [0.25, 0.3) is 5.91 Å². The van der Waals surface area contributed by atoms with Crippen molar-refractivity contribution in [2.75, 3.05) is 0 Å². The van der Waals surface area contributed by atoms with Crippen molar-refractivity contribution in [3.63, 3.8) is 0 Å². The van der Waals surface area contributed by atoms with Gasteiger partial charge >= 0.3 is 0 Å². The molecule has 2 amide bonds. The average molecular weight is 401 g/mol. The Bertz CT molecular complexity index is 939. The van der Waals surface area contributed by atoms with E-state index < -0.39 is 15.9 Å². The van der Waals surface area contributed by atoms with Crippen molar-refractivity contribution in [3.05, 3.63) is 65.7 Å². The van der Waals surface area contributed by atoms with Crippen molar-refractivity contribution < 1.29 is 18.0 Å². The number of hydrogen-bond donors (Lipinski definition) is 3. The Morgan fingerprint density at radius 2 is 1.64 bits per heavy atom. The van der Waals surface area contributed by atoms with Gasteiger partial charge in [-0.2, -0.15) is 0 Å². The maximum atomic E-state index is 12.5. The van der Waals surface area contributed by atoms with E-state index in [1.807, 2.05) is 30.3 Å². The lowest BCUT2D eigenvalue weighted by atomic mass is 10.1. The van der Waals surface area contributed by atoms with E-state index in [0.29, 0.717) is 0 Å². The Kier molecular flexibility index (Phi) is 6.43. The maximum absolute atomic E-state index is 12.5. The normalized spacial score (nSPS) is 14.6. The van der Waals surface area contributed by atoms with Gasteiger partial charge in [0.15, 0.2) is 0 Å². The van der Waals surface area contributed by atoms with Crippen LogP contribution in [-0.2, 0) is 21.4 Å². The zero-order valence-corrected chi connectivity index (χ0v) is 16.2. The molecule has 1 aliphatic rings. The van der Waals surface area contributed by atoms with E-state index in [-0.39, 0.29) is 28.8 Å². The molecule has 0 saturated heterocycles. The number of benzene rings is 2. The summed E-state index contributed by atoms with van der Waals surface area (Å²) >= 11 is 0. The maximum Gasteiger partial charge on any atom is 0.269 e. The van der Waals surface area contributed by atoms with Crippen LogP contribution in [0.5, 0.6) is 0 Å². The minimum Gasteiger partial charge on any atom is -0.273 e. The topological polar surface area (TPSA) is 104 Å². The monoisotopic (exact) mass is 401 g/mol. The van der Waals surface area contributed by atoms with E-state index in [0.717, 1.165) is 31.2 Å². The lowest BCUT2D eigenvalue weighted by Gasteiger charge is -2.12. The van der Waals surface area contributed by atoms with E-state index in [9.17, 15) is 18.0 Å². The molecule has 28 heavy (non-hydrogen) atoms. The first-order chi connectivity index (χ1) is 13.5. The quantitative estimate of drug-likeness (QED) is 0.645. The van der Waals surface area contributed by atoms with Crippen LogP contribution in [0.2, 0.25) is 0 Å². The van der Waals surface area contributed by atoms with Crippen LogP contribution in [-0.4, -0.2) is 20.2 Å². The lowest BCUT2D eigenvalue weighted by molar-refractivity contribution is -0.125. The Hall–Kier alpha value is -2.71. The molecule has 1 saturated carbocycles. The molecule has 0 aliphatic heterocycles. The Balaban J connectivity index is 1.62.